The molecule has 102 valence electrons. The molecule has 1 N–H and O–H groups in total. The van der Waals surface area contributed by atoms with E-state index in [0.717, 1.165) is 21.2 Å². The average Bonchev–Trinajstić information content (AvgIpc) is 3.01. The molecule has 0 bridgehead atoms. The van der Waals surface area contributed by atoms with Gasteiger partial charge in [0.1, 0.15) is 14.9 Å². The average molecular weight is 303 g/mol. The highest BCUT2D eigenvalue weighted by molar-refractivity contribution is 7.18. The molecule has 0 atom stereocenters. The quantitative estimate of drug-likeness (QED) is 0.809. The van der Waals surface area contributed by atoms with Crippen LogP contribution in [-0.4, -0.2) is 22.9 Å². The first-order valence-electron chi connectivity index (χ1n) is 6.20. The van der Waals surface area contributed by atoms with Gasteiger partial charge in [-0.15, -0.1) is 22.7 Å². The van der Waals surface area contributed by atoms with Crippen LogP contribution in [0.4, 0.5) is 0 Å². The summed E-state index contributed by atoms with van der Waals surface area (Å²) in [5.74, 6) is -0.0736. The third-order valence-electron chi connectivity index (χ3n) is 2.91. The fourth-order valence-corrected chi connectivity index (χ4v) is 4.06. The van der Waals surface area contributed by atoms with Gasteiger partial charge in [-0.25, -0.2) is 9.97 Å². The molecule has 0 spiro atoms. The number of rotatable bonds is 3. The van der Waals surface area contributed by atoms with Gasteiger partial charge in [-0.1, -0.05) is 12.1 Å². The lowest BCUT2D eigenvalue weighted by Crippen LogP contribution is -2.17. The largest absolute Gasteiger partial charge is 0.354 e. The van der Waals surface area contributed by atoms with Crippen molar-refractivity contribution in [2.45, 2.75) is 13.3 Å². The van der Waals surface area contributed by atoms with Crippen molar-refractivity contribution < 1.29 is 4.79 Å². The maximum absolute atomic E-state index is 11.7. The van der Waals surface area contributed by atoms with E-state index < -0.39 is 0 Å². The number of carbonyl (C=O) groups excluding carboxylic acids is 1. The first kappa shape index (κ1) is 13.2. The number of para-hydroxylation sites is 1. The number of thiazole rings is 2. The van der Waals surface area contributed by atoms with Crippen LogP contribution in [0.3, 0.4) is 0 Å². The SMILES string of the molecule is CNC(=O)c1sc(Cc2nc3ccccc3s2)nc1C. The van der Waals surface area contributed by atoms with Crippen molar-refractivity contribution in [3.63, 3.8) is 0 Å². The lowest BCUT2D eigenvalue weighted by Gasteiger charge is -1.93. The monoisotopic (exact) mass is 303 g/mol. The van der Waals surface area contributed by atoms with Crippen LogP contribution in [0.1, 0.15) is 25.4 Å². The third kappa shape index (κ3) is 2.44. The molecule has 20 heavy (non-hydrogen) atoms. The summed E-state index contributed by atoms with van der Waals surface area (Å²) in [6.45, 7) is 1.86. The van der Waals surface area contributed by atoms with E-state index in [4.69, 9.17) is 0 Å². The number of nitrogens with one attached hydrogen (secondary N) is 1. The minimum absolute atomic E-state index is 0.0736. The van der Waals surface area contributed by atoms with Crippen molar-refractivity contribution in [1.29, 1.82) is 0 Å². The van der Waals surface area contributed by atoms with Gasteiger partial charge in [0.05, 0.1) is 22.3 Å². The number of amides is 1. The molecule has 0 unspecified atom stereocenters. The second-order valence-corrected chi connectivity index (χ2v) is 6.55. The molecule has 0 aliphatic rings. The maximum atomic E-state index is 11.7. The van der Waals surface area contributed by atoms with Crippen LogP contribution in [0, 0.1) is 6.92 Å². The van der Waals surface area contributed by atoms with Gasteiger partial charge >= 0.3 is 0 Å². The van der Waals surface area contributed by atoms with Gasteiger partial charge in [0.25, 0.3) is 5.91 Å². The molecule has 2 aromatic heterocycles. The first-order chi connectivity index (χ1) is 9.67. The number of hydrogen-bond acceptors (Lipinski definition) is 5. The Morgan fingerprint density at radius 3 is 2.70 bits per heavy atom. The van der Waals surface area contributed by atoms with E-state index in [1.165, 1.54) is 16.0 Å². The Kier molecular flexibility index (Phi) is 3.50. The Labute approximate surface area is 124 Å². The standard InChI is InChI=1S/C14H13N3OS2/c1-8-13(14(18)15-2)20-11(16-8)7-12-17-9-5-3-4-6-10(9)19-12/h3-6H,7H2,1-2H3,(H,15,18). The van der Waals surface area contributed by atoms with Crippen LogP contribution in [-0.2, 0) is 6.42 Å². The summed E-state index contributed by atoms with van der Waals surface area (Å²) in [7, 11) is 1.63. The zero-order valence-corrected chi connectivity index (χ0v) is 12.8. The summed E-state index contributed by atoms with van der Waals surface area (Å²) in [5, 5.41) is 4.60. The van der Waals surface area contributed by atoms with E-state index in [1.807, 2.05) is 25.1 Å². The smallest absolute Gasteiger partial charge is 0.263 e. The molecule has 6 heteroatoms. The van der Waals surface area contributed by atoms with E-state index in [9.17, 15) is 4.79 Å². The molecule has 3 rings (SSSR count). The molecule has 1 amide bonds. The summed E-state index contributed by atoms with van der Waals surface area (Å²) in [6.07, 6.45) is 0.682. The molecular weight excluding hydrogens is 290 g/mol. The zero-order valence-electron chi connectivity index (χ0n) is 11.1. The molecule has 1 aromatic carbocycles. The minimum Gasteiger partial charge on any atom is -0.354 e. The number of nitrogens with zero attached hydrogens (tertiary/aromatic N) is 2. The van der Waals surface area contributed by atoms with Gasteiger partial charge in [0, 0.05) is 7.05 Å². The fraction of sp³-hybridized carbons (Fsp3) is 0.214. The van der Waals surface area contributed by atoms with Crippen LogP contribution in [0.25, 0.3) is 10.2 Å². The number of fused-ring (bicyclic) bond motifs is 1. The van der Waals surface area contributed by atoms with Crippen LogP contribution in [0.15, 0.2) is 24.3 Å². The number of hydrogen-bond donors (Lipinski definition) is 1. The second-order valence-electron chi connectivity index (χ2n) is 4.35. The van der Waals surface area contributed by atoms with Gasteiger partial charge < -0.3 is 5.32 Å². The normalized spacial score (nSPS) is 10.9. The van der Waals surface area contributed by atoms with Crippen LogP contribution < -0.4 is 5.32 Å². The van der Waals surface area contributed by atoms with E-state index >= 15 is 0 Å². The molecule has 2 heterocycles. The number of carbonyl (C=O) groups is 1. The second kappa shape index (κ2) is 5.30. The van der Waals surface area contributed by atoms with Crippen LogP contribution in [0.2, 0.25) is 0 Å². The summed E-state index contributed by atoms with van der Waals surface area (Å²) < 4.78 is 1.18. The Bertz CT molecular complexity index is 743. The fourth-order valence-electron chi connectivity index (χ4n) is 1.98. The maximum Gasteiger partial charge on any atom is 0.263 e. The van der Waals surface area contributed by atoms with Crippen molar-refractivity contribution in [3.05, 3.63) is 44.9 Å². The van der Waals surface area contributed by atoms with Gasteiger partial charge in [-0.2, -0.15) is 0 Å². The highest BCUT2D eigenvalue weighted by Gasteiger charge is 2.15. The van der Waals surface area contributed by atoms with E-state index in [0.29, 0.717) is 11.3 Å². The lowest BCUT2D eigenvalue weighted by atomic mass is 10.3. The molecule has 4 nitrogen and oxygen atoms in total. The highest BCUT2D eigenvalue weighted by atomic mass is 32.1. The number of aryl methyl sites for hydroxylation is 1. The Hall–Kier alpha value is -1.79. The van der Waals surface area contributed by atoms with E-state index in [1.54, 1.807) is 18.4 Å². The van der Waals surface area contributed by atoms with Gasteiger partial charge in [-0.3, -0.25) is 4.79 Å². The van der Waals surface area contributed by atoms with Crippen molar-refractivity contribution in [1.82, 2.24) is 15.3 Å². The minimum atomic E-state index is -0.0736. The van der Waals surface area contributed by atoms with Crippen LogP contribution >= 0.6 is 22.7 Å². The molecular formula is C14H13N3OS2. The summed E-state index contributed by atoms with van der Waals surface area (Å²) in [4.78, 5) is 21.4. The van der Waals surface area contributed by atoms with Crippen molar-refractivity contribution >= 4 is 38.8 Å². The van der Waals surface area contributed by atoms with Gasteiger partial charge in [0.15, 0.2) is 0 Å². The van der Waals surface area contributed by atoms with Gasteiger partial charge in [0.2, 0.25) is 0 Å². The zero-order chi connectivity index (χ0) is 14.1. The van der Waals surface area contributed by atoms with Crippen molar-refractivity contribution in [3.8, 4) is 0 Å². The summed E-state index contributed by atoms with van der Waals surface area (Å²) in [5.41, 5.74) is 1.80. The molecule has 0 aliphatic heterocycles. The van der Waals surface area contributed by atoms with Crippen molar-refractivity contribution in [2.75, 3.05) is 7.05 Å². The van der Waals surface area contributed by atoms with Crippen LogP contribution in [0.5, 0.6) is 0 Å². The third-order valence-corrected chi connectivity index (χ3v) is 5.11. The molecule has 0 radical (unpaired) electrons. The molecule has 0 saturated heterocycles. The lowest BCUT2D eigenvalue weighted by molar-refractivity contribution is 0.0966. The summed E-state index contributed by atoms with van der Waals surface area (Å²) >= 11 is 3.12. The number of benzene rings is 1. The highest BCUT2D eigenvalue weighted by Crippen LogP contribution is 2.26. The Morgan fingerprint density at radius 2 is 1.95 bits per heavy atom. The molecule has 0 aliphatic carbocycles. The molecule has 0 saturated carbocycles. The molecule has 3 aromatic rings. The Balaban J connectivity index is 1.89. The topological polar surface area (TPSA) is 54.9 Å². The predicted octanol–water partition coefficient (Wildman–Crippen LogP) is 3.01. The molecule has 0 fully saturated rings. The van der Waals surface area contributed by atoms with Gasteiger partial charge in [-0.05, 0) is 19.1 Å². The summed E-state index contributed by atoms with van der Waals surface area (Å²) in [6, 6.07) is 8.09. The van der Waals surface area contributed by atoms with E-state index in [-0.39, 0.29) is 5.91 Å². The predicted molar refractivity (Wildman–Crippen MR) is 82.7 cm³/mol. The van der Waals surface area contributed by atoms with E-state index in [2.05, 4.69) is 21.4 Å². The number of aromatic nitrogens is 2. The van der Waals surface area contributed by atoms with Crippen molar-refractivity contribution in [2.24, 2.45) is 0 Å². The first-order valence-corrected chi connectivity index (χ1v) is 7.83. The Morgan fingerprint density at radius 1 is 1.20 bits per heavy atom.